The number of rotatable bonds is 7. The summed E-state index contributed by atoms with van der Waals surface area (Å²) in [5.74, 6) is -0.555. The van der Waals surface area contributed by atoms with Crippen molar-refractivity contribution in [2.24, 2.45) is 0 Å². The predicted octanol–water partition coefficient (Wildman–Crippen LogP) is 9.23. The van der Waals surface area contributed by atoms with Gasteiger partial charge < -0.3 is 10.6 Å². The fourth-order valence-corrected chi connectivity index (χ4v) is 6.70. The molecule has 6 rings (SSSR count). The fraction of sp³-hybridized carbons (Fsp3) is 0.303. The third-order valence-corrected chi connectivity index (χ3v) is 9.40. The maximum Gasteiger partial charge on any atom is 0.141 e. The van der Waals surface area contributed by atoms with Crippen molar-refractivity contribution in [2.45, 2.75) is 51.2 Å². The Morgan fingerprint density at radius 2 is 1.74 bits per heavy atom. The monoisotopic (exact) mass is 711 g/mol. The normalized spacial score (nSPS) is 15.0. The van der Waals surface area contributed by atoms with Crippen molar-refractivity contribution in [1.29, 1.82) is 5.26 Å². The van der Waals surface area contributed by atoms with Gasteiger partial charge in [-0.3, -0.25) is 9.88 Å². The Bertz CT molecular complexity index is 2000. The van der Waals surface area contributed by atoms with Crippen molar-refractivity contribution in [3.05, 3.63) is 97.8 Å². The van der Waals surface area contributed by atoms with Gasteiger partial charge in [-0.25, -0.2) is 14.1 Å². The number of piperidine rings is 1. The molecule has 3 aromatic heterocycles. The minimum Gasteiger partial charge on any atom is -0.373 e. The quantitative estimate of drug-likeness (QED) is 0.161. The summed E-state index contributed by atoms with van der Waals surface area (Å²) < 4.78 is 15.8. The van der Waals surface area contributed by atoms with Crippen molar-refractivity contribution >= 4 is 74.4 Å². The lowest BCUT2D eigenvalue weighted by Crippen LogP contribution is -2.46. The molecule has 2 N–H and O–H groups in total. The maximum atomic E-state index is 13.9. The first-order valence-corrected chi connectivity index (χ1v) is 16.4. The van der Waals surface area contributed by atoms with Crippen molar-refractivity contribution in [2.75, 3.05) is 23.7 Å². The molecule has 1 aliphatic heterocycles. The van der Waals surface area contributed by atoms with E-state index in [-0.39, 0.29) is 32.5 Å². The highest BCUT2D eigenvalue weighted by Crippen LogP contribution is 2.38. The number of hydrogen-bond donors (Lipinski definition) is 2. The van der Waals surface area contributed by atoms with Crippen LogP contribution in [0.25, 0.3) is 10.9 Å². The van der Waals surface area contributed by atoms with Gasteiger partial charge in [0.15, 0.2) is 0 Å². The van der Waals surface area contributed by atoms with Gasteiger partial charge >= 0.3 is 0 Å². The van der Waals surface area contributed by atoms with Crippen molar-refractivity contribution in [1.82, 2.24) is 29.9 Å². The van der Waals surface area contributed by atoms with Gasteiger partial charge in [-0.1, -0.05) is 57.7 Å². The van der Waals surface area contributed by atoms with E-state index in [4.69, 9.17) is 46.4 Å². The van der Waals surface area contributed by atoms with Crippen LogP contribution in [0.3, 0.4) is 0 Å². The molecule has 4 heterocycles. The zero-order valence-electron chi connectivity index (χ0n) is 25.7. The van der Waals surface area contributed by atoms with E-state index in [9.17, 15) is 9.65 Å². The number of aromatic nitrogens is 5. The van der Waals surface area contributed by atoms with Gasteiger partial charge in [0.2, 0.25) is 0 Å². The Balaban J connectivity index is 1.38. The summed E-state index contributed by atoms with van der Waals surface area (Å²) in [7, 11) is 0. The van der Waals surface area contributed by atoms with Crippen LogP contribution in [0.15, 0.2) is 54.9 Å². The second kappa shape index (κ2) is 13.4. The highest BCUT2D eigenvalue weighted by Gasteiger charge is 2.29. The van der Waals surface area contributed by atoms with E-state index in [0.717, 1.165) is 25.9 Å². The number of nitriles is 1. The first kappa shape index (κ1) is 33.2. The average Bonchev–Trinajstić information content (AvgIpc) is 3.52. The highest BCUT2D eigenvalue weighted by atomic mass is 35.5. The van der Waals surface area contributed by atoms with E-state index in [1.165, 1.54) is 24.4 Å². The topological polar surface area (TPSA) is 108 Å². The van der Waals surface area contributed by atoms with E-state index in [0.29, 0.717) is 44.2 Å². The molecule has 9 nitrogen and oxygen atoms in total. The molecule has 2 aromatic carbocycles. The van der Waals surface area contributed by atoms with Crippen LogP contribution in [0.2, 0.25) is 20.4 Å². The number of nitrogens with one attached hydrogen (secondary N) is 2. The van der Waals surface area contributed by atoms with Crippen LogP contribution >= 0.6 is 46.4 Å². The van der Waals surface area contributed by atoms with Crippen LogP contribution in [-0.2, 0) is 0 Å². The van der Waals surface area contributed by atoms with Crippen LogP contribution < -0.4 is 10.6 Å². The summed E-state index contributed by atoms with van der Waals surface area (Å²) in [5, 5.41) is 27.0. The lowest BCUT2D eigenvalue weighted by Gasteiger charge is -2.40. The zero-order valence-corrected chi connectivity index (χ0v) is 28.7. The Labute approximate surface area is 291 Å². The zero-order chi connectivity index (χ0) is 33.5. The molecule has 1 atom stereocenters. The smallest absolute Gasteiger partial charge is 0.141 e. The molecule has 5 aromatic rings. The summed E-state index contributed by atoms with van der Waals surface area (Å²) in [5.41, 5.74) is 3.58. The van der Waals surface area contributed by atoms with Crippen LogP contribution in [0.1, 0.15) is 62.5 Å². The van der Waals surface area contributed by atoms with Crippen LogP contribution in [0.4, 0.5) is 21.5 Å². The number of anilines is 3. The second-order valence-electron chi connectivity index (χ2n) is 12.4. The predicted molar refractivity (Wildman–Crippen MR) is 186 cm³/mol. The number of nitrogens with zero attached hydrogens (tertiary/aromatic N) is 7. The minimum atomic E-state index is -0.594. The second-order valence-corrected chi connectivity index (χ2v) is 13.9. The lowest BCUT2D eigenvalue weighted by atomic mass is 9.98. The molecular formula is C33H30Cl4FN9. The Morgan fingerprint density at radius 1 is 1.00 bits per heavy atom. The van der Waals surface area contributed by atoms with E-state index >= 15 is 0 Å². The van der Waals surface area contributed by atoms with Gasteiger partial charge in [0.05, 0.1) is 39.1 Å². The molecule has 242 valence electrons. The number of fused-ring (bicyclic) bond motifs is 1. The van der Waals surface area contributed by atoms with Crippen LogP contribution in [-0.4, -0.2) is 48.5 Å². The van der Waals surface area contributed by atoms with Gasteiger partial charge in [0.1, 0.15) is 33.9 Å². The maximum absolute atomic E-state index is 13.9. The third kappa shape index (κ3) is 7.10. The summed E-state index contributed by atoms with van der Waals surface area (Å²) in [6, 6.07) is 13.0. The van der Waals surface area contributed by atoms with Gasteiger partial charge in [-0.2, -0.15) is 5.26 Å². The molecule has 1 unspecified atom stereocenters. The van der Waals surface area contributed by atoms with Gasteiger partial charge in [-0.15, -0.1) is 5.10 Å². The molecule has 14 heteroatoms. The highest BCUT2D eigenvalue weighted by molar-refractivity contribution is 6.36. The molecule has 47 heavy (non-hydrogen) atoms. The number of halogens is 5. The summed E-state index contributed by atoms with van der Waals surface area (Å²) >= 11 is 25.6. The fourth-order valence-electron chi connectivity index (χ4n) is 5.80. The molecule has 0 saturated carbocycles. The Hall–Kier alpha value is -3.72. The van der Waals surface area contributed by atoms with Crippen molar-refractivity contribution in [3.8, 4) is 6.07 Å². The van der Waals surface area contributed by atoms with E-state index in [1.807, 2.05) is 16.9 Å². The van der Waals surface area contributed by atoms with Crippen LogP contribution in [0.5, 0.6) is 0 Å². The number of likely N-dealkylation sites (tertiary alicyclic amines) is 1. The van der Waals surface area contributed by atoms with E-state index in [1.54, 1.807) is 18.2 Å². The third-order valence-electron chi connectivity index (χ3n) is 8.31. The van der Waals surface area contributed by atoms with Crippen molar-refractivity contribution < 1.29 is 4.39 Å². The SMILES string of the molecule is CC(C)(C)N1CCC(n2cc(C(Nc3cc(Cl)c4ncc(C#N)c(Nc5ccc(F)c(Cl)c5)c4c3)c3ccc(Cl)nc3Cl)nn2)CC1. The molecule has 1 aliphatic rings. The lowest BCUT2D eigenvalue weighted by molar-refractivity contribution is 0.0866. The first-order valence-electron chi connectivity index (χ1n) is 14.9. The molecule has 0 radical (unpaired) electrons. The molecule has 1 saturated heterocycles. The molecule has 0 amide bonds. The van der Waals surface area contributed by atoms with E-state index < -0.39 is 11.9 Å². The largest absolute Gasteiger partial charge is 0.373 e. The molecule has 0 aliphatic carbocycles. The molecule has 0 spiro atoms. The molecule has 0 bridgehead atoms. The van der Waals surface area contributed by atoms with Crippen molar-refractivity contribution in [3.63, 3.8) is 0 Å². The Morgan fingerprint density at radius 3 is 2.43 bits per heavy atom. The number of hydrogen-bond acceptors (Lipinski definition) is 8. The summed E-state index contributed by atoms with van der Waals surface area (Å²) in [6.07, 6.45) is 5.26. The molecular weight excluding hydrogens is 683 g/mol. The first-order chi connectivity index (χ1) is 22.4. The van der Waals surface area contributed by atoms with Crippen LogP contribution in [0, 0.1) is 17.1 Å². The molecule has 1 fully saturated rings. The van der Waals surface area contributed by atoms with Gasteiger partial charge in [-0.05, 0) is 70.0 Å². The summed E-state index contributed by atoms with van der Waals surface area (Å²) in [6.45, 7) is 8.62. The number of benzene rings is 2. The van der Waals surface area contributed by atoms with Gasteiger partial charge in [0, 0.05) is 47.1 Å². The minimum absolute atomic E-state index is 0.0589. The standard InChI is InChI=1S/C33H30Cl4FN9/c1-33(2,3)46-10-8-21(9-11-46)47-17-27(44-45-47)31(22-5-7-28(36)43-32(22)37)42-20-12-23-29(41-19-4-6-26(38)24(34)13-19)18(15-39)16-40-30(23)25(35)14-20/h4-7,12-14,16-17,21,31,42H,8-11H2,1-3H3,(H,40,41). The van der Waals surface area contributed by atoms with E-state index in [2.05, 4.69) is 62.7 Å². The van der Waals surface area contributed by atoms with Gasteiger partial charge in [0.25, 0.3) is 0 Å². The summed E-state index contributed by atoms with van der Waals surface area (Å²) in [4.78, 5) is 11.2. The number of pyridine rings is 2. The average molecular weight is 713 g/mol. The Kier molecular flexibility index (Phi) is 9.47.